The Morgan fingerprint density at radius 2 is 1.81 bits per heavy atom. The number of ether oxygens (including phenoxy) is 2. The van der Waals surface area contributed by atoms with Gasteiger partial charge in [0.2, 0.25) is 0 Å². The smallest absolute Gasteiger partial charge is 0.192 e. The first-order valence-corrected chi connectivity index (χ1v) is 15.9. The first kappa shape index (κ1) is 29.0. The summed E-state index contributed by atoms with van der Waals surface area (Å²) < 4.78 is 22.1. The molecule has 4 atom stereocenters. The number of allylic oxidation sites excluding steroid dienone is 2. The maximum atomic E-state index is 11.5. The van der Waals surface area contributed by atoms with Gasteiger partial charge in [-0.3, -0.25) is 4.79 Å². The number of unbranched alkanes of at least 4 members (excludes halogenated alkanes) is 2. The van der Waals surface area contributed by atoms with Crippen molar-refractivity contribution in [1.82, 2.24) is 0 Å². The third-order valence-corrected chi connectivity index (χ3v) is 12.6. The molecule has 1 rings (SSSR count). The molecule has 0 aromatic heterocycles. The van der Waals surface area contributed by atoms with Gasteiger partial charge in [-0.05, 0) is 67.5 Å². The van der Waals surface area contributed by atoms with Crippen LogP contribution < -0.4 is 0 Å². The lowest BCUT2D eigenvalue weighted by Gasteiger charge is -2.44. The van der Waals surface area contributed by atoms with Gasteiger partial charge in [0, 0.05) is 5.92 Å². The van der Waals surface area contributed by atoms with Crippen LogP contribution in [0.1, 0.15) is 80.6 Å². The predicted molar refractivity (Wildman–Crippen MR) is 141 cm³/mol. The molecule has 0 saturated carbocycles. The van der Waals surface area contributed by atoms with Crippen molar-refractivity contribution in [2.45, 2.75) is 117 Å². The summed E-state index contributed by atoms with van der Waals surface area (Å²) >= 11 is 2.33. The minimum atomic E-state index is -1.92. The molecule has 1 aliphatic rings. The van der Waals surface area contributed by atoms with E-state index in [4.69, 9.17) is 13.9 Å². The summed E-state index contributed by atoms with van der Waals surface area (Å²) in [6.07, 6.45) is 8.30. The molecule has 1 heterocycles. The van der Waals surface area contributed by atoms with Crippen LogP contribution in [-0.2, 0) is 18.7 Å². The van der Waals surface area contributed by atoms with Crippen LogP contribution in [0.4, 0.5) is 0 Å². The Morgan fingerprint density at radius 3 is 2.32 bits per heavy atom. The Balaban J connectivity index is 3.53. The van der Waals surface area contributed by atoms with E-state index in [-0.39, 0.29) is 24.9 Å². The summed E-state index contributed by atoms with van der Waals surface area (Å²) in [6, 6.07) is 3.24. The highest BCUT2D eigenvalue weighted by Gasteiger charge is 2.49. The lowest BCUT2D eigenvalue weighted by atomic mass is 9.79. The van der Waals surface area contributed by atoms with Gasteiger partial charge in [0.05, 0.1) is 12.2 Å². The molecule has 1 fully saturated rings. The van der Waals surface area contributed by atoms with Crippen molar-refractivity contribution in [1.29, 1.82) is 0 Å². The maximum Gasteiger partial charge on any atom is 0.192 e. The Bertz CT molecular complexity index is 594. The number of aldehydes is 1. The monoisotopic (exact) mass is 564 g/mol. The van der Waals surface area contributed by atoms with Crippen molar-refractivity contribution >= 4 is 37.2 Å². The molecule has 1 aliphatic heterocycles. The molecular formula is C25H45IO4Si. The van der Waals surface area contributed by atoms with E-state index in [9.17, 15) is 4.79 Å². The van der Waals surface area contributed by atoms with Gasteiger partial charge in [-0.15, -0.1) is 0 Å². The van der Waals surface area contributed by atoms with E-state index in [1.165, 1.54) is 18.4 Å². The standard InChI is InChI=1S/C25H45IO4Si/c1-8-12-13-14-23-22(15-20(5)17-26)24(30-31(9-2,10-3)11-4)25(7,29-19-28-23)16-21(6)18-27/h16-18,22-24H,8-15,19H2,1-7H3/b20-17+,21-16+/t22-,23+,24+,25+/m1/s1. The molecule has 4 nitrogen and oxygen atoms in total. The third kappa shape index (κ3) is 8.36. The molecule has 0 unspecified atom stereocenters. The fourth-order valence-corrected chi connectivity index (χ4v) is 7.91. The Hall–Kier alpha value is -0.0231. The van der Waals surface area contributed by atoms with E-state index in [0.29, 0.717) is 5.57 Å². The molecule has 31 heavy (non-hydrogen) atoms. The molecule has 0 N–H and O–H groups in total. The molecule has 0 aliphatic carbocycles. The second-order valence-corrected chi connectivity index (χ2v) is 14.6. The highest BCUT2D eigenvalue weighted by molar-refractivity contribution is 14.1. The van der Waals surface area contributed by atoms with E-state index in [0.717, 1.165) is 43.7 Å². The summed E-state index contributed by atoms with van der Waals surface area (Å²) in [6.45, 7) is 15.4. The van der Waals surface area contributed by atoms with Gasteiger partial charge in [-0.25, -0.2) is 0 Å². The number of halogens is 1. The summed E-state index contributed by atoms with van der Waals surface area (Å²) in [5.74, 6) is 0.183. The van der Waals surface area contributed by atoms with Gasteiger partial charge in [0.15, 0.2) is 8.32 Å². The average Bonchev–Trinajstić information content (AvgIpc) is 2.89. The van der Waals surface area contributed by atoms with Crippen molar-refractivity contribution in [3.63, 3.8) is 0 Å². The van der Waals surface area contributed by atoms with Gasteiger partial charge < -0.3 is 13.9 Å². The van der Waals surface area contributed by atoms with Gasteiger partial charge in [-0.1, -0.05) is 75.1 Å². The lowest BCUT2D eigenvalue weighted by molar-refractivity contribution is -0.130. The summed E-state index contributed by atoms with van der Waals surface area (Å²) in [4.78, 5) is 11.5. The minimum Gasteiger partial charge on any atom is -0.410 e. The average molecular weight is 565 g/mol. The second-order valence-electron chi connectivity index (χ2n) is 9.26. The molecule has 0 amide bonds. The van der Waals surface area contributed by atoms with Gasteiger partial charge >= 0.3 is 0 Å². The Labute approximate surface area is 205 Å². The largest absolute Gasteiger partial charge is 0.410 e. The van der Waals surface area contributed by atoms with Crippen LogP contribution >= 0.6 is 22.6 Å². The Morgan fingerprint density at radius 1 is 1.16 bits per heavy atom. The molecule has 1 saturated heterocycles. The molecule has 0 aromatic carbocycles. The summed E-state index contributed by atoms with van der Waals surface area (Å²) in [7, 11) is -1.92. The number of hydrogen-bond donors (Lipinski definition) is 0. The Kier molecular flexibility index (Phi) is 13.4. The van der Waals surface area contributed by atoms with Crippen LogP contribution in [0.5, 0.6) is 0 Å². The van der Waals surface area contributed by atoms with E-state index < -0.39 is 13.9 Å². The van der Waals surface area contributed by atoms with Crippen molar-refractivity contribution in [3.8, 4) is 0 Å². The zero-order valence-electron chi connectivity index (χ0n) is 20.8. The van der Waals surface area contributed by atoms with Crippen molar-refractivity contribution in [2.24, 2.45) is 5.92 Å². The number of rotatable bonds is 13. The zero-order valence-corrected chi connectivity index (χ0v) is 24.0. The highest BCUT2D eigenvalue weighted by Crippen LogP contribution is 2.41. The normalized spacial score (nSPS) is 28.5. The summed E-state index contributed by atoms with van der Waals surface area (Å²) in [5, 5.41) is 0. The molecular weight excluding hydrogens is 519 g/mol. The van der Waals surface area contributed by atoms with Crippen LogP contribution in [0, 0.1) is 5.92 Å². The number of carbonyl (C=O) groups is 1. The van der Waals surface area contributed by atoms with Crippen LogP contribution in [0.3, 0.4) is 0 Å². The van der Waals surface area contributed by atoms with Crippen molar-refractivity contribution < 1.29 is 18.7 Å². The van der Waals surface area contributed by atoms with Crippen LogP contribution in [-0.4, -0.2) is 39.2 Å². The van der Waals surface area contributed by atoms with Crippen LogP contribution in [0.15, 0.2) is 21.3 Å². The molecule has 0 spiro atoms. The summed E-state index contributed by atoms with van der Waals surface area (Å²) in [5.41, 5.74) is 1.32. The molecule has 180 valence electrons. The fraction of sp³-hybridized carbons (Fsp3) is 0.800. The lowest BCUT2D eigenvalue weighted by Crippen LogP contribution is -2.54. The first-order valence-electron chi connectivity index (χ1n) is 12.1. The molecule has 6 heteroatoms. The van der Waals surface area contributed by atoms with E-state index in [1.54, 1.807) is 0 Å². The van der Waals surface area contributed by atoms with Gasteiger partial charge in [0.25, 0.3) is 0 Å². The van der Waals surface area contributed by atoms with E-state index in [1.807, 2.05) is 13.0 Å². The van der Waals surface area contributed by atoms with Crippen LogP contribution in [0.2, 0.25) is 18.1 Å². The first-order chi connectivity index (χ1) is 14.7. The van der Waals surface area contributed by atoms with E-state index in [2.05, 4.69) is 68.2 Å². The van der Waals surface area contributed by atoms with Gasteiger partial charge in [0.1, 0.15) is 18.7 Å². The SMILES string of the molecule is CCCCC[C@@H]1OCO[C@@](C)(/C=C(\C)C=O)[C@@H](O[Si](CC)(CC)CC)[C@@H]1C/C(C)=C/I. The van der Waals surface area contributed by atoms with Gasteiger partial charge in [-0.2, -0.15) is 0 Å². The topological polar surface area (TPSA) is 44.8 Å². The minimum absolute atomic E-state index is 0.0897. The predicted octanol–water partition coefficient (Wildman–Crippen LogP) is 7.58. The second kappa shape index (κ2) is 14.3. The molecule has 0 aromatic rings. The number of hydrogen-bond acceptors (Lipinski definition) is 4. The van der Waals surface area contributed by atoms with E-state index >= 15 is 0 Å². The van der Waals surface area contributed by atoms with Crippen molar-refractivity contribution in [3.05, 3.63) is 21.3 Å². The highest BCUT2D eigenvalue weighted by atomic mass is 127. The molecule has 0 bridgehead atoms. The van der Waals surface area contributed by atoms with Crippen LogP contribution in [0.25, 0.3) is 0 Å². The molecule has 0 radical (unpaired) electrons. The quantitative estimate of drug-likeness (QED) is 0.0761. The van der Waals surface area contributed by atoms with Crippen molar-refractivity contribution in [2.75, 3.05) is 6.79 Å². The fourth-order valence-electron chi connectivity index (χ4n) is 4.71. The number of carbonyl (C=O) groups excluding carboxylic acids is 1. The maximum absolute atomic E-state index is 11.5. The third-order valence-electron chi connectivity index (χ3n) is 6.93. The zero-order chi connectivity index (χ0) is 23.5.